The molecule has 0 spiro atoms. The zero-order valence-electron chi connectivity index (χ0n) is 10.8. The maximum atomic E-state index is 5.76. The summed E-state index contributed by atoms with van der Waals surface area (Å²) in [7, 11) is 0. The molecular formula is C15H14N4S. The van der Waals surface area contributed by atoms with Crippen LogP contribution in [0.25, 0.3) is 10.7 Å². The second kappa shape index (κ2) is 4.18. The number of nitrogens with two attached hydrogens (primary N) is 1. The van der Waals surface area contributed by atoms with Gasteiger partial charge < -0.3 is 5.73 Å². The number of hydrogen-bond acceptors (Lipinski definition) is 4. The smallest absolute Gasteiger partial charge is 0.191 e. The Morgan fingerprint density at radius 3 is 2.60 bits per heavy atom. The van der Waals surface area contributed by atoms with Gasteiger partial charge in [0.15, 0.2) is 5.82 Å². The first-order valence-corrected chi connectivity index (χ1v) is 7.49. The van der Waals surface area contributed by atoms with E-state index in [-0.39, 0.29) is 5.41 Å². The quantitative estimate of drug-likeness (QED) is 0.725. The van der Waals surface area contributed by atoms with Crippen molar-refractivity contribution in [3.63, 3.8) is 0 Å². The van der Waals surface area contributed by atoms with Crippen LogP contribution >= 0.6 is 11.3 Å². The average Bonchev–Trinajstić information content (AvgIpc) is 2.93. The summed E-state index contributed by atoms with van der Waals surface area (Å²) in [5, 5.41) is 9.52. The first-order chi connectivity index (χ1) is 9.78. The van der Waals surface area contributed by atoms with Crippen LogP contribution in [-0.4, -0.2) is 15.2 Å². The number of benzene rings is 1. The molecule has 1 aliphatic carbocycles. The second-order valence-corrected chi connectivity index (χ2v) is 6.14. The van der Waals surface area contributed by atoms with Crippen molar-refractivity contribution in [2.24, 2.45) is 0 Å². The molecule has 20 heavy (non-hydrogen) atoms. The molecule has 0 bridgehead atoms. The van der Waals surface area contributed by atoms with Gasteiger partial charge in [-0.2, -0.15) is 5.10 Å². The highest BCUT2D eigenvalue weighted by molar-refractivity contribution is 7.13. The summed E-state index contributed by atoms with van der Waals surface area (Å²) in [6.45, 7) is 0. The van der Waals surface area contributed by atoms with Crippen molar-refractivity contribution < 1.29 is 0 Å². The molecule has 0 unspecified atom stereocenters. The summed E-state index contributed by atoms with van der Waals surface area (Å²) in [5.41, 5.74) is 7.83. The highest BCUT2D eigenvalue weighted by Gasteiger charge is 2.48. The van der Waals surface area contributed by atoms with Gasteiger partial charge in [-0.15, -0.1) is 11.3 Å². The molecule has 0 radical (unpaired) electrons. The molecule has 4 rings (SSSR count). The molecule has 1 saturated carbocycles. The van der Waals surface area contributed by atoms with Crippen LogP contribution < -0.4 is 5.73 Å². The summed E-state index contributed by atoms with van der Waals surface area (Å²) >= 11 is 1.66. The topological polar surface area (TPSA) is 67.6 Å². The monoisotopic (exact) mass is 282 g/mol. The number of nitrogen functional groups attached to an aromatic ring is 1. The lowest BCUT2D eigenvalue weighted by Crippen LogP contribution is -2.11. The van der Waals surface area contributed by atoms with E-state index in [0.717, 1.165) is 35.1 Å². The van der Waals surface area contributed by atoms with Crippen molar-refractivity contribution in [2.75, 3.05) is 5.73 Å². The lowest BCUT2D eigenvalue weighted by atomic mass is 9.95. The first kappa shape index (κ1) is 11.7. The Hall–Kier alpha value is -2.14. The van der Waals surface area contributed by atoms with E-state index in [0.29, 0.717) is 0 Å². The van der Waals surface area contributed by atoms with Crippen molar-refractivity contribution in [3.8, 4) is 10.7 Å². The van der Waals surface area contributed by atoms with E-state index in [9.17, 15) is 0 Å². The van der Waals surface area contributed by atoms with Crippen LogP contribution in [0.15, 0.2) is 41.8 Å². The molecule has 2 heterocycles. The highest BCUT2D eigenvalue weighted by atomic mass is 32.1. The van der Waals surface area contributed by atoms with Crippen LogP contribution in [0.1, 0.15) is 24.2 Å². The van der Waals surface area contributed by atoms with Gasteiger partial charge in [0.05, 0.1) is 10.3 Å². The van der Waals surface area contributed by atoms with Crippen LogP contribution in [0, 0.1) is 0 Å². The molecule has 0 atom stereocenters. The van der Waals surface area contributed by atoms with E-state index < -0.39 is 0 Å². The van der Waals surface area contributed by atoms with Crippen LogP contribution in [0.5, 0.6) is 0 Å². The van der Waals surface area contributed by atoms with Crippen molar-refractivity contribution in [1.29, 1.82) is 0 Å². The molecule has 3 N–H and O–H groups in total. The molecule has 2 aromatic heterocycles. The maximum Gasteiger partial charge on any atom is 0.191 e. The minimum absolute atomic E-state index is 0.0101. The van der Waals surface area contributed by atoms with Crippen molar-refractivity contribution >= 4 is 17.0 Å². The van der Waals surface area contributed by atoms with Crippen molar-refractivity contribution in [2.45, 2.75) is 18.3 Å². The number of aromatic nitrogens is 3. The average molecular weight is 282 g/mol. The molecule has 5 heteroatoms. The Kier molecular flexibility index (Phi) is 2.44. The summed E-state index contributed by atoms with van der Waals surface area (Å²) < 4.78 is 0. The van der Waals surface area contributed by atoms with Crippen LogP contribution in [0.4, 0.5) is 5.69 Å². The predicted octanol–water partition coefficient (Wildman–Crippen LogP) is 3.20. The summed E-state index contributed by atoms with van der Waals surface area (Å²) in [6, 6.07) is 12.1. The van der Waals surface area contributed by atoms with Crippen molar-refractivity contribution in [1.82, 2.24) is 15.2 Å². The van der Waals surface area contributed by atoms with Gasteiger partial charge in [0.2, 0.25) is 0 Å². The van der Waals surface area contributed by atoms with Gasteiger partial charge in [0.1, 0.15) is 5.82 Å². The normalized spacial score (nSPS) is 16.2. The van der Waals surface area contributed by atoms with Gasteiger partial charge in [0.25, 0.3) is 0 Å². The second-order valence-electron chi connectivity index (χ2n) is 5.19. The zero-order chi connectivity index (χ0) is 13.6. The van der Waals surface area contributed by atoms with E-state index in [2.05, 4.69) is 22.3 Å². The number of hydrogen-bond donors (Lipinski definition) is 2. The standard InChI is InChI=1S/C15H14N4S/c16-11-5-3-10(4-6-11)15(7-8-15)14-17-13(18-19-14)12-2-1-9-20-12/h1-6,9H,7-8,16H2,(H,17,18,19). The number of nitrogens with zero attached hydrogens (tertiary/aromatic N) is 2. The third-order valence-electron chi connectivity index (χ3n) is 3.89. The third kappa shape index (κ3) is 1.74. The summed E-state index contributed by atoms with van der Waals surface area (Å²) in [6.07, 6.45) is 2.21. The van der Waals surface area contributed by atoms with E-state index in [1.807, 2.05) is 29.6 Å². The Balaban J connectivity index is 1.72. The van der Waals surface area contributed by atoms with E-state index >= 15 is 0 Å². The minimum atomic E-state index is 0.0101. The number of thiophene rings is 1. The maximum absolute atomic E-state index is 5.76. The first-order valence-electron chi connectivity index (χ1n) is 6.61. The molecular weight excluding hydrogens is 268 g/mol. The Morgan fingerprint density at radius 1 is 1.15 bits per heavy atom. The fraction of sp³-hybridized carbons (Fsp3) is 0.200. The van der Waals surface area contributed by atoms with Crippen LogP contribution in [-0.2, 0) is 5.41 Å². The van der Waals surface area contributed by atoms with Gasteiger partial charge in [-0.3, -0.25) is 5.10 Å². The summed E-state index contributed by atoms with van der Waals surface area (Å²) in [4.78, 5) is 5.80. The molecule has 0 aliphatic heterocycles. The van der Waals surface area contributed by atoms with Gasteiger partial charge in [-0.1, -0.05) is 18.2 Å². The molecule has 0 amide bonds. The molecule has 0 saturated heterocycles. The zero-order valence-corrected chi connectivity index (χ0v) is 11.7. The van der Waals surface area contributed by atoms with Gasteiger partial charge >= 0.3 is 0 Å². The lowest BCUT2D eigenvalue weighted by Gasteiger charge is -2.12. The minimum Gasteiger partial charge on any atom is -0.399 e. The summed E-state index contributed by atoms with van der Waals surface area (Å²) in [5.74, 6) is 1.75. The Bertz CT molecular complexity index is 724. The molecule has 4 nitrogen and oxygen atoms in total. The van der Waals surface area contributed by atoms with Crippen LogP contribution in [0.2, 0.25) is 0 Å². The van der Waals surface area contributed by atoms with Gasteiger partial charge in [-0.05, 0) is 42.0 Å². The molecule has 1 aliphatic rings. The van der Waals surface area contributed by atoms with Crippen molar-refractivity contribution in [3.05, 3.63) is 53.2 Å². The number of H-pyrrole nitrogens is 1. The van der Waals surface area contributed by atoms with Gasteiger partial charge in [0, 0.05) is 5.69 Å². The van der Waals surface area contributed by atoms with E-state index in [1.165, 1.54) is 5.56 Å². The third-order valence-corrected chi connectivity index (χ3v) is 4.76. The molecule has 1 fully saturated rings. The lowest BCUT2D eigenvalue weighted by molar-refractivity contribution is 0.761. The Morgan fingerprint density at radius 2 is 1.95 bits per heavy atom. The predicted molar refractivity (Wildman–Crippen MR) is 80.6 cm³/mol. The fourth-order valence-electron chi connectivity index (χ4n) is 2.58. The fourth-order valence-corrected chi connectivity index (χ4v) is 3.24. The number of nitrogens with one attached hydrogen (secondary N) is 1. The number of rotatable bonds is 3. The van der Waals surface area contributed by atoms with E-state index in [1.54, 1.807) is 11.3 Å². The molecule has 1 aromatic carbocycles. The molecule has 100 valence electrons. The largest absolute Gasteiger partial charge is 0.399 e. The number of aromatic amines is 1. The van der Waals surface area contributed by atoms with Gasteiger partial charge in [-0.25, -0.2) is 4.98 Å². The molecule has 3 aromatic rings. The SMILES string of the molecule is Nc1ccc(C2(c3nc(-c4cccs4)n[nH]3)CC2)cc1. The van der Waals surface area contributed by atoms with Crippen LogP contribution in [0.3, 0.4) is 0 Å². The highest BCUT2D eigenvalue weighted by Crippen LogP contribution is 2.52. The Labute approximate surface area is 120 Å². The van der Waals surface area contributed by atoms with E-state index in [4.69, 9.17) is 10.7 Å². The number of anilines is 1.